The molecule has 0 aliphatic heterocycles. The first-order valence-corrected chi connectivity index (χ1v) is 6.52. The second-order valence-corrected chi connectivity index (χ2v) is 4.86. The third-order valence-corrected chi connectivity index (χ3v) is 3.21. The van der Waals surface area contributed by atoms with Gasteiger partial charge in [0, 0.05) is 24.4 Å². The highest BCUT2D eigenvalue weighted by molar-refractivity contribution is 5.95. The molecule has 114 valence electrons. The molecule has 0 radical (unpaired) electrons. The molecule has 4 nitrogen and oxygen atoms in total. The Hall–Kier alpha value is -2.05. The van der Waals surface area contributed by atoms with Crippen molar-refractivity contribution in [3.8, 4) is 5.75 Å². The van der Waals surface area contributed by atoms with E-state index in [1.807, 2.05) is 0 Å². The highest BCUT2D eigenvalue weighted by Crippen LogP contribution is 2.23. The first-order valence-electron chi connectivity index (χ1n) is 6.52. The second kappa shape index (κ2) is 6.15. The van der Waals surface area contributed by atoms with Crippen molar-refractivity contribution in [1.29, 1.82) is 0 Å². The third kappa shape index (κ3) is 4.77. The number of hydrogen-bond donors (Lipinski definition) is 1. The number of carbonyl (C=O) groups excluding carboxylic acids is 2. The Balaban J connectivity index is 1.99. The summed E-state index contributed by atoms with van der Waals surface area (Å²) in [6, 6.07) is 4.77. The fourth-order valence-corrected chi connectivity index (χ4v) is 2.19. The summed E-state index contributed by atoms with van der Waals surface area (Å²) in [7, 11) is 0. The minimum Gasteiger partial charge on any atom is -0.406 e. The number of amides is 1. The molecule has 1 aromatic carbocycles. The molecule has 1 aliphatic carbocycles. The Labute approximate surface area is 119 Å². The van der Waals surface area contributed by atoms with Crippen molar-refractivity contribution in [2.24, 2.45) is 0 Å². The number of halogens is 3. The van der Waals surface area contributed by atoms with E-state index in [-0.39, 0.29) is 17.4 Å². The van der Waals surface area contributed by atoms with E-state index < -0.39 is 18.0 Å². The minimum atomic E-state index is -4.79. The number of ether oxygens (including phenoxy) is 1. The van der Waals surface area contributed by atoms with Crippen LogP contribution in [0.15, 0.2) is 24.3 Å². The van der Waals surface area contributed by atoms with Gasteiger partial charge in [0.2, 0.25) is 0 Å². The molecule has 0 bridgehead atoms. The number of rotatable bonds is 3. The lowest BCUT2D eigenvalue weighted by molar-refractivity contribution is -0.274. The van der Waals surface area contributed by atoms with E-state index in [1.165, 1.54) is 12.1 Å². The van der Waals surface area contributed by atoms with Gasteiger partial charge in [0.15, 0.2) is 0 Å². The second-order valence-electron chi connectivity index (χ2n) is 4.86. The quantitative estimate of drug-likeness (QED) is 0.934. The van der Waals surface area contributed by atoms with Gasteiger partial charge in [-0.3, -0.25) is 9.59 Å². The Bertz CT molecular complexity index is 533. The average molecular weight is 301 g/mol. The van der Waals surface area contributed by atoms with Gasteiger partial charge in [-0.1, -0.05) is 6.07 Å². The summed E-state index contributed by atoms with van der Waals surface area (Å²) in [5.41, 5.74) is 0.0913. The number of alkyl halides is 3. The molecule has 7 heteroatoms. The molecule has 0 atom stereocenters. The predicted octanol–water partition coefficient (Wildman–Crippen LogP) is 2.83. The van der Waals surface area contributed by atoms with Crippen LogP contribution in [-0.4, -0.2) is 24.1 Å². The molecular formula is C14H14F3NO3. The fraction of sp³-hybridized carbons (Fsp3) is 0.429. The first kappa shape index (κ1) is 15.3. The van der Waals surface area contributed by atoms with Gasteiger partial charge in [-0.25, -0.2) is 0 Å². The van der Waals surface area contributed by atoms with Crippen LogP contribution in [0.5, 0.6) is 5.75 Å². The van der Waals surface area contributed by atoms with Gasteiger partial charge >= 0.3 is 6.36 Å². The lowest BCUT2D eigenvalue weighted by Crippen LogP contribution is -2.37. The lowest BCUT2D eigenvalue weighted by atomic mass is 9.94. The summed E-state index contributed by atoms with van der Waals surface area (Å²) < 4.78 is 40.2. The summed E-state index contributed by atoms with van der Waals surface area (Å²) in [5.74, 6) is -0.739. The molecule has 21 heavy (non-hydrogen) atoms. The molecule has 1 aromatic rings. The van der Waals surface area contributed by atoms with E-state index in [4.69, 9.17) is 0 Å². The van der Waals surface area contributed by atoms with Crippen LogP contribution in [0, 0.1) is 0 Å². The summed E-state index contributed by atoms with van der Waals surface area (Å²) in [4.78, 5) is 23.1. The molecule has 1 N–H and O–H groups in total. The SMILES string of the molecule is O=C1CCC(NC(=O)c2cccc(OC(F)(F)F)c2)CC1. The summed E-state index contributed by atoms with van der Waals surface area (Å²) in [6.45, 7) is 0. The standard InChI is InChI=1S/C14H14F3NO3/c15-14(16,17)21-12-3-1-2-9(8-12)13(20)18-10-4-6-11(19)7-5-10/h1-3,8,10H,4-7H2,(H,18,20). The van der Waals surface area contributed by atoms with E-state index in [1.54, 1.807) is 0 Å². The third-order valence-electron chi connectivity index (χ3n) is 3.21. The topological polar surface area (TPSA) is 55.4 Å². The molecule has 1 fully saturated rings. The summed E-state index contributed by atoms with van der Waals surface area (Å²) >= 11 is 0. The normalized spacial score (nSPS) is 16.6. The summed E-state index contributed by atoms with van der Waals surface area (Å²) in [5, 5.41) is 2.72. The molecule has 2 rings (SSSR count). The molecule has 0 saturated heterocycles. The largest absolute Gasteiger partial charge is 0.573 e. The van der Waals surface area contributed by atoms with Crippen LogP contribution in [0.3, 0.4) is 0 Å². The molecule has 0 spiro atoms. The number of nitrogens with one attached hydrogen (secondary N) is 1. The zero-order chi connectivity index (χ0) is 15.5. The highest BCUT2D eigenvalue weighted by Gasteiger charge is 2.31. The van der Waals surface area contributed by atoms with Crippen LogP contribution >= 0.6 is 0 Å². The van der Waals surface area contributed by atoms with Crippen LogP contribution in [-0.2, 0) is 4.79 Å². The highest BCUT2D eigenvalue weighted by atomic mass is 19.4. The fourth-order valence-electron chi connectivity index (χ4n) is 2.19. The minimum absolute atomic E-state index is 0.0913. The van der Waals surface area contributed by atoms with Crippen molar-refractivity contribution in [1.82, 2.24) is 5.32 Å². The van der Waals surface area contributed by atoms with Crippen molar-refractivity contribution < 1.29 is 27.5 Å². The van der Waals surface area contributed by atoms with Gasteiger partial charge in [-0.2, -0.15) is 0 Å². The molecular weight excluding hydrogens is 287 g/mol. The number of carbonyl (C=O) groups is 2. The number of Topliss-reactive ketones (excluding diaryl/α,β-unsaturated/α-hetero) is 1. The molecule has 1 saturated carbocycles. The lowest BCUT2D eigenvalue weighted by Gasteiger charge is -2.22. The average Bonchev–Trinajstić information content (AvgIpc) is 2.40. The Morgan fingerprint density at radius 2 is 1.90 bits per heavy atom. The van der Waals surface area contributed by atoms with Gasteiger partial charge in [-0.05, 0) is 31.0 Å². The van der Waals surface area contributed by atoms with Gasteiger partial charge < -0.3 is 10.1 Å². The number of hydrogen-bond acceptors (Lipinski definition) is 3. The molecule has 0 heterocycles. The number of ketones is 1. The van der Waals surface area contributed by atoms with Crippen molar-refractivity contribution in [2.75, 3.05) is 0 Å². The van der Waals surface area contributed by atoms with Crippen LogP contribution < -0.4 is 10.1 Å². The van der Waals surface area contributed by atoms with Gasteiger partial charge in [0.25, 0.3) is 5.91 Å². The molecule has 1 amide bonds. The van der Waals surface area contributed by atoms with Gasteiger partial charge in [-0.15, -0.1) is 13.2 Å². The first-order chi connectivity index (χ1) is 9.83. The zero-order valence-corrected chi connectivity index (χ0v) is 11.1. The molecule has 0 aromatic heterocycles. The van der Waals surface area contributed by atoms with Crippen LogP contribution in [0.4, 0.5) is 13.2 Å². The van der Waals surface area contributed by atoms with Crippen molar-refractivity contribution >= 4 is 11.7 Å². The van der Waals surface area contributed by atoms with Crippen LogP contribution in [0.2, 0.25) is 0 Å². The van der Waals surface area contributed by atoms with Crippen molar-refractivity contribution in [2.45, 2.75) is 38.1 Å². The Kier molecular flexibility index (Phi) is 4.50. The zero-order valence-electron chi connectivity index (χ0n) is 11.1. The maximum Gasteiger partial charge on any atom is 0.573 e. The van der Waals surface area contributed by atoms with E-state index in [2.05, 4.69) is 10.1 Å². The van der Waals surface area contributed by atoms with E-state index >= 15 is 0 Å². The van der Waals surface area contributed by atoms with Crippen molar-refractivity contribution in [3.63, 3.8) is 0 Å². The summed E-state index contributed by atoms with van der Waals surface area (Å²) in [6.07, 6.45) is -2.84. The van der Waals surface area contributed by atoms with Crippen LogP contribution in [0.1, 0.15) is 36.0 Å². The maximum absolute atomic E-state index is 12.1. The van der Waals surface area contributed by atoms with E-state index in [0.29, 0.717) is 25.7 Å². The van der Waals surface area contributed by atoms with E-state index in [0.717, 1.165) is 12.1 Å². The predicted molar refractivity (Wildman–Crippen MR) is 67.9 cm³/mol. The van der Waals surface area contributed by atoms with Gasteiger partial charge in [0.1, 0.15) is 11.5 Å². The Morgan fingerprint density at radius 3 is 2.52 bits per heavy atom. The van der Waals surface area contributed by atoms with Crippen LogP contribution in [0.25, 0.3) is 0 Å². The maximum atomic E-state index is 12.1. The molecule has 1 aliphatic rings. The van der Waals surface area contributed by atoms with Gasteiger partial charge in [0.05, 0.1) is 0 Å². The monoisotopic (exact) mass is 301 g/mol. The smallest absolute Gasteiger partial charge is 0.406 e. The van der Waals surface area contributed by atoms with Crippen molar-refractivity contribution in [3.05, 3.63) is 29.8 Å². The Morgan fingerprint density at radius 1 is 1.24 bits per heavy atom. The molecule has 0 unspecified atom stereocenters. The van der Waals surface area contributed by atoms with E-state index in [9.17, 15) is 22.8 Å². The number of benzene rings is 1.